The quantitative estimate of drug-likeness (QED) is 0.726. The highest BCUT2D eigenvalue weighted by Gasteiger charge is 2.19. The van der Waals surface area contributed by atoms with E-state index < -0.39 is 0 Å². The van der Waals surface area contributed by atoms with Crippen LogP contribution in [0.15, 0.2) is 29.6 Å². The van der Waals surface area contributed by atoms with Crippen molar-refractivity contribution in [3.8, 4) is 17.5 Å². The Bertz CT molecular complexity index is 908. The zero-order valence-corrected chi connectivity index (χ0v) is 15.1. The van der Waals surface area contributed by atoms with E-state index in [1.807, 2.05) is 29.7 Å². The van der Waals surface area contributed by atoms with E-state index in [9.17, 15) is 0 Å². The molecule has 0 atom stereocenters. The largest absolute Gasteiger partial charge is 0.304 e. The van der Waals surface area contributed by atoms with Crippen LogP contribution < -0.4 is 0 Å². The van der Waals surface area contributed by atoms with Crippen molar-refractivity contribution < 1.29 is 0 Å². The second kappa shape index (κ2) is 6.17. The van der Waals surface area contributed by atoms with Crippen LogP contribution in [0.2, 0.25) is 0 Å². The number of aromatic nitrogens is 4. The molecule has 0 fully saturated rings. The fraction of sp³-hybridized carbons (Fsp3) is 0.333. The molecule has 0 bridgehead atoms. The summed E-state index contributed by atoms with van der Waals surface area (Å²) in [6.45, 7) is 9.05. The van der Waals surface area contributed by atoms with Gasteiger partial charge in [0.2, 0.25) is 0 Å². The normalized spacial score (nSPS) is 11.5. The van der Waals surface area contributed by atoms with Crippen LogP contribution >= 0.6 is 11.3 Å². The molecule has 1 aromatic carbocycles. The first kappa shape index (κ1) is 16.3. The summed E-state index contributed by atoms with van der Waals surface area (Å²) in [5.74, 6) is 1.59. The molecule has 0 N–H and O–H groups in total. The van der Waals surface area contributed by atoms with Crippen molar-refractivity contribution in [1.82, 2.24) is 19.7 Å². The molecule has 0 saturated heterocycles. The maximum atomic E-state index is 9.10. The first-order chi connectivity index (χ1) is 11.4. The molecule has 122 valence electrons. The Morgan fingerprint density at radius 3 is 2.71 bits per heavy atom. The molecular formula is C18H19N5S. The smallest absolute Gasteiger partial charge is 0.164 e. The van der Waals surface area contributed by atoms with Gasteiger partial charge >= 0.3 is 0 Å². The summed E-state index contributed by atoms with van der Waals surface area (Å²) in [5, 5.41) is 20.7. The number of nitriles is 1. The molecule has 0 radical (unpaired) electrons. The third-order valence-corrected chi connectivity index (χ3v) is 4.63. The van der Waals surface area contributed by atoms with Crippen LogP contribution in [0.3, 0.4) is 0 Å². The minimum absolute atomic E-state index is 0.0426. The van der Waals surface area contributed by atoms with Crippen LogP contribution in [0.5, 0.6) is 0 Å². The van der Waals surface area contributed by atoms with Gasteiger partial charge in [-0.15, -0.1) is 21.5 Å². The Kier molecular flexibility index (Phi) is 4.20. The number of hydrogen-bond donors (Lipinski definition) is 0. The molecule has 3 aromatic rings. The summed E-state index contributed by atoms with van der Waals surface area (Å²) in [6.07, 6.45) is 0. The predicted octanol–water partition coefficient (Wildman–Crippen LogP) is 3.93. The number of nitrogens with zero attached hydrogens (tertiary/aromatic N) is 5. The van der Waals surface area contributed by atoms with E-state index in [1.165, 1.54) is 0 Å². The van der Waals surface area contributed by atoms with Crippen LogP contribution in [0.25, 0.3) is 11.4 Å². The molecule has 0 unspecified atom stereocenters. The average molecular weight is 337 g/mol. The first-order valence-electron chi connectivity index (χ1n) is 7.73. The van der Waals surface area contributed by atoms with Gasteiger partial charge in [0, 0.05) is 16.4 Å². The number of thiazole rings is 1. The highest BCUT2D eigenvalue weighted by atomic mass is 32.1. The molecule has 2 aromatic heterocycles. The van der Waals surface area contributed by atoms with Crippen molar-refractivity contribution >= 4 is 11.3 Å². The van der Waals surface area contributed by atoms with Gasteiger partial charge in [-0.2, -0.15) is 5.26 Å². The van der Waals surface area contributed by atoms with E-state index in [0.717, 1.165) is 27.9 Å². The zero-order chi connectivity index (χ0) is 17.3. The fourth-order valence-electron chi connectivity index (χ4n) is 2.37. The molecule has 5 nitrogen and oxygen atoms in total. The van der Waals surface area contributed by atoms with Crippen molar-refractivity contribution in [3.05, 3.63) is 51.7 Å². The third-order valence-electron chi connectivity index (χ3n) is 3.80. The summed E-state index contributed by atoms with van der Waals surface area (Å²) in [4.78, 5) is 4.76. The molecule has 0 aliphatic carbocycles. The van der Waals surface area contributed by atoms with Crippen molar-refractivity contribution in [3.63, 3.8) is 0 Å². The first-order valence-corrected chi connectivity index (χ1v) is 8.61. The van der Waals surface area contributed by atoms with Gasteiger partial charge in [0.15, 0.2) is 5.82 Å². The summed E-state index contributed by atoms with van der Waals surface area (Å²) >= 11 is 1.66. The molecule has 0 spiro atoms. The molecule has 2 heterocycles. The minimum Gasteiger partial charge on any atom is -0.304 e. The van der Waals surface area contributed by atoms with Crippen LogP contribution in [0, 0.1) is 18.3 Å². The van der Waals surface area contributed by atoms with Crippen molar-refractivity contribution in [2.45, 2.75) is 39.7 Å². The molecule has 0 aliphatic rings. The molecular weight excluding hydrogens is 318 g/mol. The Morgan fingerprint density at radius 1 is 1.25 bits per heavy atom. The highest BCUT2D eigenvalue weighted by molar-refractivity contribution is 7.09. The topological polar surface area (TPSA) is 67.4 Å². The summed E-state index contributed by atoms with van der Waals surface area (Å²) in [6, 6.07) is 9.60. The Balaban J connectivity index is 1.96. The molecule has 0 amide bonds. The predicted molar refractivity (Wildman–Crippen MR) is 94.8 cm³/mol. The van der Waals surface area contributed by atoms with Gasteiger partial charge in [0.05, 0.1) is 23.9 Å². The van der Waals surface area contributed by atoms with Crippen molar-refractivity contribution in [2.24, 2.45) is 0 Å². The summed E-state index contributed by atoms with van der Waals surface area (Å²) < 4.78 is 2.04. The van der Waals surface area contributed by atoms with Crippen molar-refractivity contribution in [2.75, 3.05) is 0 Å². The van der Waals surface area contributed by atoms with E-state index in [4.69, 9.17) is 10.2 Å². The number of benzene rings is 1. The summed E-state index contributed by atoms with van der Waals surface area (Å²) in [7, 11) is 0. The second-order valence-corrected chi connectivity index (χ2v) is 7.67. The lowest BCUT2D eigenvalue weighted by atomic mass is 9.93. The maximum absolute atomic E-state index is 9.10. The zero-order valence-electron chi connectivity index (χ0n) is 14.2. The SMILES string of the molecule is Cc1nnc(-c2cccc(C#N)c2)n1Cc1nc(C(C)(C)C)cs1. The lowest BCUT2D eigenvalue weighted by Crippen LogP contribution is -2.12. The summed E-state index contributed by atoms with van der Waals surface area (Å²) in [5.41, 5.74) is 2.65. The van der Waals surface area contributed by atoms with E-state index >= 15 is 0 Å². The van der Waals surface area contributed by atoms with Crippen LogP contribution in [-0.4, -0.2) is 19.7 Å². The van der Waals surface area contributed by atoms with E-state index in [1.54, 1.807) is 17.4 Å². The number of rotatable bonds is 3. The van der Waals surface area contributed by atoms with E-state index in [0.29, 0.717) is 12.1 Å². The Hall–Kier alpha value is -2.52. The van der Waals surface area contributed by atoms with E-state index in [-0.39, 0.29) is 5.41 Å². The Labute approximate surface area is 145 Å². The van der Waals surface area contributed by atoms with Gasteiger partial charge in [-0.05, 0) is 19.1 Å². The molecule has 0 aliphatic heterocycles. The highest BCUT2D eigenvalue weighted by Crippen LogP contribution is 2.26. The van der Waals surface area contributed by atoms with Gasteiger partial charge in [-0.1, -0.05) is 32.9 Å². The average Bonchev–Trinajstić information content (AvgIpc) is 3.16. The number of hydrogen-bond acceptors (Lipinski definition) is 5. The third kappa shape index (κ3) is 3.22. The number of aryl methyl sites for hydroxylation is 1. The van der Waals surface area contributed by atoms with Gasteiger partial charge in [-0.3, -0.25) is 0 Å². The van der Waals surface area contributed by atoms with Gasteiger partial charge in [0.1, 0.15) is 10.8 Å². The van der Waals surface area contributed by atoms with Crippen LogP contribution in [0.4, 0.5) is 0 Å². The van der Waals surface area contributed by atoms with Gasteiger partial charge in [0.25, 0.3) is 0 Å². The monoisotopic (exact) mass is 337 g/mol. The molecule has 0 saturated carbocycles. The lowest BCUT2D eigenvalue weighted by molar-refractivity contribution is 0.569. The molecule has 24 heavy (non-hydrogen) atoms. The van der Waals surface area contributed by atoms with Crippen LogP contribution in [-0.2, 0) is 12.0 Å². The lowest BCUT2D eigenvalue weighted by Gasteiger charge is -2.14. The van der Waals surface area contributed by atoms with Gasteiger partial charge < -0.3 is 4.57 Å². The van der Waals surface area contributed by atoms with E-state index in [2.05, 4.69) is 42.4 Å². The van der Waals surface area contributed by atoms with Crippen molar-refractivity contribution in [1.29, 1.82) is 5.26 Å². The van der Waals surface area contributed by atoms with Crippen LogP contribution in [0.1, 0.15) is 42.9 Å². The minimum atomic E-state index is 0.0426. The molecule has 6 heteroatoms. The maximum Gasteiger partial charge on any atom is 0.164 e. The fourth-order valence-corrected chi connectivity index (χ4v) is 3.38. The van der Waals surface area contributed by atoms with Gasteiger partial charge in [-0.25, -0.2) is 4.98 Å². The second-order valence-electron chi connectivity index (χ2n) is 6.73. The molecule has 3 rings (SSSR count). The standard InChI is InChI=1S/C18H19N5S/c1-12-21-22-17(14-7-5-6-13(8-14)9-19)23(12)10-16-20-15(11-24-16)18(2,3)4/h5-8,11H,10H2,1-4H3. The Morgan fingerprint density at radius 2 is 2.04 bits per heavy atom.